The van der Waals surface area contributed by atoms with Crippen LogP contribution in [0, 0.1) is 5.92 Å². The van der Waals surface area contributed by atoms with Crippen LogP contribution in [-0.2, 0) is 24.3 Å². The summed E-state index contributed by atoms with van der Waals surface area (Å²) in [5.74, 6) is -2.98. The summed E-state index contributed by atoms with van der Waals surface area (Å²) in [6.07, 6.45) is -2.93. The van der Waals surface area contributed by atoms with Gasteiger partial charge in [-0.2, -0.15) is 0 Å². The van der Waals surface area contributed by atoms with Crippen molar-refractivity contribution in [1.82, 2.24) is 10.0 Å². The summed E-state index contributed by atoms with van der Waals surface area (Å²) < 4.78 is 33.4. The summed E-state index contributed by atoms with van der Waals surface area (Å²) in [4.78, 5) is 23.8. The molecule has 5 atom stereocenters. The molecule has 6 N–H and O–H groups in total. The maximum Gasteiger partial charge on any atom is 0.370 e. The van der Waals surface area contributed by atoms with Gasteiger partial charge in [0.1, 0.15) is 18.3 Å². The molecule has 0 radical (unpaired) electrons. The lowest BCUT2D eigenvalue weighted by atomic mass is 9.92. The van der Waals surface area contributed by atoms with E-state index in [0.29, 0.717) is 17.9 Å². The van der Waals surface area contributed by atoms with E-state index in [1.807, 2.05) is 0 Å². The van der Waals surface area contributed by atoms with E-state index >= 15 is 0 Å². The van der Waals surface area contributed by atoms with Crippen molar-refractivity contribution < 1.29 is 43.2 Å². The van der Waals surface area contributed by atoms with E-state index in [1.165, 1.54) is 24.3 Å². The van der Waals surface area contributed by atoms with Gasteiger partial charge < -0.3 is 30.5 Å². The normalized spacial score (nSPS) is 25.2. The van der Waals surface area contributed by atoms with E-state index in [4.69, 9.17) is 16.3 Å². The van der Waals surface area contributed by atoms with Crippen molar-refractivity contribution in [3.8, 4) is 0 Å². The Bertz CT molecular complexity index is 995. The van der Waals surface area contributed by atoms with Crippen molar-refractivity contribution in [3.63, 3.8) is 0 Å². The molecule has 0 bridgehead atoms. The molecule has 32 heavy (non-hydrogen) atoms. The molecule has 0 saturated heterocycles. The average molecular weight is 491 g/mol. The molecule has 2 aliphatic rings. The highest BCUT2D eigenvalue weighted by molar-refractivity contribution is 7.89. The number of nitrogens with one attached hydrogen (secondary N) is 2. The second-order valence-electron chi connectivity index (χ2n) is 7.57. The maximum atomic E-state index is 12.9. The van der Waals surface area contributed by atoms with Crippen molar-refractivity contribution >= 4 is 33.5 Å². The summed E-state index contributed by atoms with van der Waals surface area (Å²) >= 11 is 5.79. The fraction of sp³-hybridized carbons (Fsp3) is 0.474. The highest BCUT2D eigenvalue weighted by Crippen LogP contribution is 2.31. The Labute approximate surface area is 188 Å². The molecule has 3 rings (SSSR count). The van der Waals surface area contributed by atoms with Crippen LogP contribution in [0.15, 0.2) is 41.0 Å². The maximum absolute atomic E-state index is 12.9. The fourth-order valence-electron chi connectivity index (χ4n) is 3.23. The lowest BCUT2D eigenvalue weighted by Gasteiger charge is -2.40. The molecule has 1 fully saturated rings. The number of aliphatic hydroxyl groups excluding tert-OH is 3. The van der Waals surface area contributed by atoms with E-state index in [9.17, 15) is 38.4 Å². The standard InChI is InChI=1S/C19H23ClN2O9S/c20-10-3-5-11(6-4-10)32(29,30)22-12-7-14(19(27)28)31-17(16(25)13(24)8-23)15(12)21-18(26)9-1-2-9/h3-7,9,12-13,15-17,22-25H,1-2,8H2,(H,21,26)(H,27,28)/t12-,13?,15+,16+,17+/m0/s1. The SMILES string of the molecule is O=C(O)C1=C[C@H](NS(=O)(=O)c2ccc(Cl)cc2)[C@@H](NC(=O)C2CC2)[C@H]([C@H](O)C(O)CO)O1. The van der Waals surface area contributed by atoms with Gasteiger partial charge in [0.2, 0.25) is 21.7 Å². The number of benzene rings is 1. The van der Waals surface area contributed by atoms with Crippen LogP contribution in [0.5, 0.6) is 0 Å². The van der Waals surface area contributed by atoms with E-state index in [1.54, 1.807) is 0 Å². The largest absolute Gasteiger partial charge is 0.478 e. The first-order valence-corrected chi connectivity index (χ1v) is 11.6. The molecular weight excluding hydrogens is 468 g/mol. The Kier molecular flexibility index (Phi) is 7.43. The summed E-state index contributed by atoms with van der Waals surface area (Å²) in [7, 11) is -4.22. The lowest BCUT2D eigenvalue weighted by molar-refractivity contribution is -0.146. The minimum absolute atomic E-state index is 0.168. The summed E-state index contributed by atoms with van der Waals surface area (Å²) in [5.41, 5.74) is 0. The minimum atomic E-state index is -4.22. The number of amides is 1. The number of rotatable bonds is 9. The Morgan fingerprint density at radius 2 is 1.81 bits per heavy atom. The smallest absolute Gasteiger partial charge is 0.370 e. The third-order valence-corrected chi connectivity index (χ3v) is 6.86. The molecule has 1 aromatic rings. The van der Waals surface area contributed by atoms with Crippen molar-refractivity contribution in [2.45, 2.75) is 48.1 Å². The number of sulfonamides is 1. The summed E-state index contributed by atoms with van der Waals surface area (Å²) in [6, 6.07) is 2.55. The van der Waals surface area contributed by atoms with Crippen LogP contribution in [0.3, 0.4) is 0 Å². The van der Waals surface area contributed by atoms with Gasteiger partial charge in [0.05, 0.1) is 23.6 Å². The molecule has 1 unspecified atom stereocenters. The Morgan fingerprint density at radius 3 is 2.34 bits per heavy atom. The monoisotopic (exact) mass is 490 g/mol. The van der Waals surface area contributed by atoms with Crippen molar-refractivity contribution in [2.24, 2.45) is 5.92 Å². The van der Waals surface area contributed by atoms with Crippen LogP contribution >= 0.6 is 11.6 Å². The Morgan fingerprint density at radius 1 is 1.19 bits per heavy atom. The number of carbonyl (C=O) groups is 2. The number of carbonyl (C=O) groups excluding carboxylic acids is 1. The molecule has 11 nitrogen and oxygen atoms in total. The van der Waals surface area contributed by atoms with Crippen LogP contribution < -0.4 is 10.0 Å². The van der Waals surface area contributed by atoms with Crippen LogP contribution in [0.25, 0.3) is 0 Å². The van der Waals surface area contributed by atoms with Crippen molar-refractivity contribution in [3.05, 3.63) is 41.1 Å². The Balaban J connectivity index is 1.98. The minimum Gasteiger partial charge on any atom is -0.478 e. The third kappa shape index (κ3) is 5.57. The predicted octanol–water partition coefficient (Wildman–Crippen LogP) is -1.04. The molecule has 13 heteroatoms. The van der Waals surface area contributed by atoms with Crippen molar-refractivity contribution in [2.75, 3.05) is 6.61 Å². The molecule has 1 saturated carbocycles. The van der Waals surface area contributed by atoms with Gasteiger partial charge in [-0.25, -0.2) is 17.9 Å². The van der Waals surface area contributed by atoms with E-state index in [0.717, 1.165) is 6.08 Å². The zero-order chi connectivity index (χ0) is 23.6. The molecule has 0 spiro atoms. The molecular formula is C19H23ClN2O9S. The molecule has 176 valence electrons. The number of aliphatic carboxylic acids is 1. The number of hydrogen-bond acceptors (Lipinski definition) is 8. The molecule has 0 aromatic heterocycles. The van der Waals surface area contributed by atoms with Crippen LogP contribution in [-0.4, -0.2) is 77.7 Å². The van der Waals surface area contributed by atoms with Crippen LogP contribution in [0.2, 0.25) is 5.02 Å². The molecule has 1 heterocycles. The third-order valence-electron chi connectivity index (χ3n) is 5.14. The number of carboxylic acids is 1. The lowest BCUT2D eigenvalue weighted by Crippen LogP contribution is -2.64. The number of aliphatic hydroxyl groups is 3. The quantitative estimate of drug-likeness (QED) is 0.252. The second-order valence-corrected chi connectivity index (χ2v) is 9.72. The first-order chi connectivity index (χ1) is 15.0. The number of ether oxygens (including phenoxy) is 1. The van der Waals surface area contributed by atoms with Crippen LogP contribution in [0.1, 0.15) is 12.8 Å². The predicted molar refractivity (Wildman–Crippen MR) is 110 cm³/mol. The van der Waals surface area contributed by atoms with Gasteiger partial charge in [0.25, 0.3) is 0 Å². The molecule has 1 aliphatic carbocycles. The number of carboxylic acid groups (broad SMARTS) is 1. The Hall–Kier alpha value is -2.22. The van der Waals surface area contributed by atoms with Gasteiger partial charge in [-0.1, -0.05) is 11.6 Å². The van der Waals surface area contributed by atoms with Crippen molar-refractivity contribution in [1.29, 1.82) is 0 Å². The first-order valence-electron chi connectivity index (χ1n) is 9.70. The van der Waals surface area contributed by atoms with E-state index in [-0.39, 0.29) is 10.8 Å². The zero-order valence-corrected chi connectivity index (χ0v) is 18.2. The topological polar surface area (TPSA) is 182 Å². The highest BCUT2D eigenvalue weighted by Gasteiger charge is 2.46. The molecule has 1 aromatic carbocycles. The number of hydrogen-bond donors (Lipinski definition) is 6. The second kappa shape index (κ2) is 9.73. The van der Waals surface area contributed by atoms with Gasteiger partial charge in [-0.15, -0.1) is 0 Å². The van der Waals surface area contributed by atoms with E-state index in [2.05, 4.69) is 10.0 Å². The highest BCUT2D eigenvalue weighted by atomic mass is 35.5. The van der Waals surface area contributed by atoms with Gasteiger partial charge in [0.15, 0.2) is 0 Å². The zero-order valence-electron chi connectivity index (χ0n) is 16.6. The van der Waals surface area contributed by atoms with Gasteiger partial charge in [-0.05, 0) is 43.2 Å². The van der Waals surface area contributed by atoms with Gasteiger partial charge >= 0.3 is 5.97 Å². The number of halogens is 1. The summed E-state index contributed by atoms with van der Waals surface area (Å²) in [5, 5.41) is 41.8. The average Bonchev–Trinajstić information content (AvgIpc) is 3.59. The van der Waals surface area contributed by atoms with Gasteiger partial charge in [0, 0.05) is 10.9 Å². The first kappa shape index (κ1) is 24.4. The molecule has 1 amide bonds. The van der Waals surface area contributed by atoms with E-state index < -0.39 is 64.7 Å². The molecule has 1 aliphatic heterocycles. The van der Waals surface area contributed by atoms with Crippen LogP contribution in [0.4, 0.5) is 0 Å². The summed E-state index contributed by atoms with van der Waals surface area (Å²) in [6.45, 7) is -0.877. The fourth-order valence-corrected chi connectivity index (χ4v) is 4.56. The van der Waals surface area contributed by atoms with Gasteiger partial charge in [-0.3, -0.25) is 4.79 Å².